The summed E-state index contributed by atoms with van der Waals surface area (Å²) in [4.78, 5) is 2.18. The molecule has 1 atom stereocenters. The third kappa shape index (κ3) is 2.20. The first-order valence-electron chi connectivity index (χ1n) is 4.43. The molecule has 0 saturated carbocycles. The highest BCUT2D eigenvalue weighted by Gasteiger charge is 2.13. The molecule has 0 amide bonds. The monoisotopic (exact) mass is 179 g/mol. The molecule has 0 aromatic carbocycles. The second-order valence-electron chi connectivity index (χ2n) is 3.32. The molecule has 0 aliphatic carbocycles. The van der Waals surface area contributed by atoms with Gasteiger partial charge in [0.15, 0.2) is 0 Å². The first-order chi connectivity index (χ1) is 6.34. The number of aliphatic hydroxyl groups excluding tert-OH is 1. The highest BCUT2D eigenvalue weighted by atomic mass is 16.3. The molecule has 0 spiro atoms. The van der Waals surface area contributed by atoms with Crippen LogP contribution in [0.15, 0.2) is 35.2 Å². The molecular formula is C10H13NO2. The van der Waals surface area contributed by atoms with Crippen LogP contribution < -0.4 is 0 Å². The van der Waals surface area contributed by atoms with Gasteiger partial charge in [-0.15, -0.1) is 0 Å². The molecule has 3 nitrogen and oxygen atoms in total. The van der Waals surface area contributed by atoms with Crippen molar-refractivity contribution in [2.45, 2.75) is 12.6 Å². The van der Waals surface area contributed by atoms with Gasteiger partial charge in [0, 0.05) is 25.2 Å². The Bertz CT molecular complexity index is 279. The lowest BCUT2D eigenvalue weighted by Crippen LogP contribution is -2.34. The third-order valence-electron chi connectivity index (χ3n) is 2.15. The van der Waals surface area contributed by atoms with E-state index in [4.69, 9.17) is 4.42 Å². The second kappa shape index (κ2) is 3.77. The van der Waals surface area contributed by atoms with Crippen LogP contribution in [-0.4, -0.2) is 29.2 Å². The molecular weight excluding hydrogens is 166 g/mol. The van der Waals surface area contributed by atoms with Crippen molar-refractivity contribution in [3.8, 4) is 0 Å². The SMILES string of the molecule is OC1C=CCN(Cc2ccoc2)C1. The van der Waals surface area contributed by atoms with Crippen molar-refractivity contribution in [2.24, 2.45) is 0 Å². The normalized spacial score (nSPS) is 23.6. The van der Waals surface area contributed by atoms with Crippen LogP contribution >= 0.6 is 0 Å². The summed E-state index contributed by atoms with van der Waals surface area (Å²) in [7, 11) is 0. The Morgan fingerprint density at radius 1 is 1.62 bits per heavy atom. The van der Waals surface area contributed by atoms with E-state index in [0.29, 0.717) is 6.54 Å². The van der Waals surface area contributed by atoms with E-state index in [1.54, 1.807) is 12.5 Å². The van der Waals surface area contributed by atoms with Crippen LogP contribution in [0.2, 0.25) is 0 Å². The number of nitrogens with zero attached hydrogens (tertiary/aromatic N) is 1. The van der Waals surface area contributed by atoms with E-state index >= 15 is 0 Å². The van der Waals surface area contributed by atoms with E-state index in [1.165, 1.54) is 0 Å². The number of hydrogen-bond donors (Lipinski definition) is 1. The molecule has 1 aromatic heterocycles. The van der Waals surface area contributed by atoms with Crippen molar-refractivity contribution in [3.63, 3.8) is 0 Å². The van der Waals surface area contributed by atoms with E-state index < -0.39 is 0 Å². The molecule has 0 radical (unpaired) electrons. The fourth-order valence-electron chi connectivity index (χ4n) is 1.54. The summed E-state index contributed by atoms with van der Waals surface area (Å²) in [5.74, 6) is 0. The average molecular weight is 179 g/mol. The Morgan fingerprint density at radius 3 is 3.23 bits per heavy atom. The molecule has 1 aliphatic heterocycles. The maximum atomic E-state index is 9.36. The standard InChI is InChI=1S/C10H13NO2/c12-10-2-1-4-11(7-10)6-9-3-5-13-8-9/h1-3,5,8,10,12H,4,6-7H2. The predicted octanol–water partition coefficient (Wildman–Crippen LogP) is 1.01. The summed E-state index contributed by atoms with van der Waals surface area (Å²) in [6, 6.07) is 1.95. The molecule has 1 aliphatic rings. The van der Waals surface area contributed by atoms with Crippen LogP contribution in [0.5, 0.6) is 0 Å². The minimum atomic E-state index is -0.319. The number of furan rings is 1. The van der Waals surface area contributed by atoms with Gasteiger partial charge in [-0.3, -0.25) is 4.90 Å². The van der Waals surface area contributed by atoms with Crippen molar-refractivity contribution >= 4 is 0 Å². The van der Waals surface area contributed by atoms with E-state index in [0.717, 1.165) is 18.7 Å². The second-order valence-corrected chi connectivity index (χ2v) is 3.32. The van der Waals surface area contributed by atoms with Gasteiger partial charge >= 0.3 is 0 Å². The number of aliphatic hydroxyl groups is 1. The summed E-state index contributed by atoms with van der Waals surface area (Å²) in [5.41, 5.74) is 1.16. The largest absolute Gasteiger partial charge is 0.472 e. The molecule has 0 saturated heterocycles. The molecule has 2 heterocycles. The van der Waals surface area contributed by atoms with Crippen LogP contribution in [0.3, 0.4) is 0 Å². The Hall–Kier alpha value is -1.06. The lowest BCUT2D eigenvalue weighted by atomic mass is 10.2. The zero-order valence-corrected chi connectivity index (χ0v) is 7.39. The maximum absolute atomic E-state index is 9.36. The molecule has 1 unspecified atom stereocenters. The smallest absolute Gasteiger partial charge is 0.0947 e. The van der Waals surface area contributed by atoms with Gasteiger partial charge in [-0.1, -0.05) is 12.2 Å². The molecule has 1 N–H and O–H groups in total. The zero-order chi connectivity index (χ0) is 9.10. The van der Waals surface area contributed by atoms with Crippen molar-refractivity contribution in [1.82, 2.24) is 4.90 Å². The van der Waals surface area contributed by atoms with E-state index in [9.17, 15) is 5.11 Å². The summed E-state index contributed by atoms with van der Waals surface area (Å²) in [6.07, 6.45) is 6.93. The van der Waals surface area contributed by atoms with Gasteiger partial charge in [0.25, 0.3) is 0 Å². The van der Waals surface area contributed by atoms with Gasteiger partial charge in [-0.05, 0) is 6.07 Å². The minimum absolute atomic E-state index is 0.319. The highest BCUT2D eigenvalue weighted by molar-refractivity contribution is 5.07. The Morgan fingerprint density at radius 2 is 2.54 bits per heavy atom. The van der Waals surface area contributed by atoms with Gasteiger partial charge in [0.05, 0.1) is 18.6 Å². The molecule has 1 aromatic rings. The van der Waals surface area contributed by atoms with Crippen LogP contribution in [-0.2, 0) is 6.54 Å². The quantitative estimate of drug-likeness (QED) is 0.688. The zero-order valence-electron chi connectivity index (χ0n) is 7.39. The fourth-order valence-corrected chi connectivity index (χ4v) is 1.54. The fraction of sp³-hybridized carbons (Fsp3) is 0.400. The maximum Gasteiger partial charge on any atom is 0.0947 e. The Balaban J connectivity index is 1.93. The first kappa shape index (κ1) is 8.53. The summed E-state index contributed by atoms with van der Waals surface area (Å²) >= 11 is 0. The topological polar surface area (TPSA) is 36.6 Å². The van der Waals surface area contributed by atoms with Crippen molar-refractivity contribution in [1.29, 1.82) is 0 Å². The van der Waals surface area contributed by atoms with E-state index in [2.05, 4.69) is 4.90 Å². The van der Waals surface area contributed by atoms with Crippen molar-refractivity contribution in [2.75, 3.05) is 13.1 Å². The summed E-state index contributed by atoms with van der Waals surface area (Å²) < 4.78 is 4.98. The first-order valence-corrected chi connectivity index (χ1v) is 4.43. The van der Waals surface area contributed by atoms with Gasteiger partial charge in [0.2, 0.25) is 0 Å². The Kier molecular flexibility index (Phi) is 2.47. The molecule has 13 heavy (non-hydrogen) atoms. The van der Waals surface area contributed by atoms with Crippen molar-refractivity contribution in [3.05, 3.63) is 36.3 Å². The summed E-state index contributed by atoms with van der Waals surface area (Å²) in [5, 5.41) is 9.36. The average Bonchev–Trinajstić information content (AvgIpc) is 2.57. The van der Waals surface area contributed by atoms with Crippen LogP contribution in [0.25, 0.3) is 0 Å². The minimum Gasteiger partial charge on any atom is -0.472 e. The van der Waals surface area contributed by atoms with Gasteiger partial charge < -0.3 is 9.52 Å². The number of rotatable bonds is 2. The molecule has 2 rings (SSSR count). The molecule has 70 valence electrons. The lowest BCUT2D eigenvalue weighted by molar-refractivity contribution is 0.140. The van der Waals surface area contributed by atoms with E-state index in [-0.39, 0.29) is 6.10 Å². The van der Waals surface area contributed by atoms with Crippen molar-refractivity contribution < 1.29 is 9.52 Å². The lowest BCUT2D eigenvalue weighted by Gasteiger charge is -2.25. The van der Waals surface area contributed by atoms with Gasteiger partial charge in [-0.2, -0.15) is 0 Å². The number of β-amino-alcohol motifs (C(OH)–C–C–N with tert-alkyl or cyclic N) is 1. The highest BCUT2D eigenvalue weighted by Crippen LogP contribution is 2.09. The number of hydrogen-bond acceptors (Lipinski definition) is 3. The molecule has 0 bridgehead atoms. The van der Waals surface area contributed by atoms with Gasteiger partial charge in [-0.25, -0.2) is 0 Å². The predicted molar refractivity (Wildman–Crippen MR) is 49.1 cm³/mol. The van der Waals surface area contributed by atoms with Crippen LogP contribution in [0.4, 0.5) is 0 Å². The molecule has 3 heteroatoms. The van der Waals surface area contributed by atoms with E-state index in [1.807, 2.05) is 18.2 Å². The van der Waals surface area contributed by atoms with Crippen LogP contribution in [0, 0.1) is 0 Å². The third-order valence-corrected chi connectivity index (χ3v) is 2.15. The van der Waals surface area contributed by atoms with Gasteiger partial charge in [0.1, 0.15) is 0 Å². The van der Waals surface area contributed by atoms with Crippen LogP contribution in [0.1, 0.15) is 5.56 Å². The summed E-state index contributed by atoms with van der Waals surface area (Å²) in [6.45, 7) is 2.46. The molecule has 0 fully saturated rings. The Labute approximate surface area is 77.3 Å².